The molecule has 0 unspecified atom stereocenters. The van der Waals surface area contributed by atoms with E-state index in [9.17, 15) is 9.59 Å². The van der Waals surface area contributed by atoms with Crippen LogP contribution in [-0.2, 0) is 22.4 Å². The van der Waals surface area contributed by atoms with E-state index in [2.05, 4.69) is 40.8 Å². The normalized spacial score (nSPS) is 15.9. The molecule has 2 aromatic rings. The van der Waals surface area contributed by atoms with Crippen LogP contribution in [0.15, 0.2) is 59.7 Å². The van der Waals surface area contributed by atoms with Gasteiger partial charge in [0, 0.05) is 19.5 Å². The van der Waals surface area contributed by atoms with Gasteiger partial charge < -0.3 is 27.5 Å². The largest absolute Gasteiger partial charge is 0.386 e. The second kappa shape index (κ2) is 13.2. The molecule has 2 amide bonds. The first-order valence-electron chi connectivity index (χ1n) is 13.2. The highest BCUT2D eigenvalue weighted by Crippen LogP contribution is 2.31. The summed E-state index contributed by atoms with van der Waals surface area (Å²) in [5, 5.41) is 6.51. The molecule has 200 valence electrons. The van der Waals surface area contributed by atoms with Gasteiger partial charge in [-0.15, -0.1) is 0 Å². The Balaban J connectivity index is 1.63. The Bertz CT molecular complexity index is 1060. The number of hydrogen-bond acceptors (Lipinski definition) is 5. The minimum Gasteiger partial charge on any atom is -0.386 e. The first-order valence-corrected chi connectivity index (χ1v) is 13.2. The Morgan fingerprint density at radius 3 is 2.35 bits per heavy atom. The summed E-state index contributed by atoms with van der Waals surface area (Å²) in [7, 11) is 0. The van der Waals surface area contributed by atoms with E-state index in [4.69, 9.17) is 17.3 Å². The molecule has 1 saturated heterocycles. The van der Waals surface area contributed by atoms with Gasteiger partial charge >= 0.3 is 0 Å². The molecule has 7 N–H and O–H groups in total. The monoisotopic (exact) mass is 506 g/mol. The van der Waals surface area contributed by atoms with Crippen molar-refractivity contribution in [3.8, 4) is 0 Å². The summed E-state index contributed by atoms with van der Waals surface area (Å²) in [4.78, 5) is 28.1. The predicted molar refractivity (Wildman–Crippen MR) is 149 cm³/mol. The van der Waals surface area contributed by atoms with Crippen molar-refractivity contribution in [1.82, 2.24) is 10.2 Å². The van der Waals surface area contributed by atoms with Gasteiger partial charge in [0.1, 0.15) is 11.9 Å². The lowest BCUT2D eigenvalue weighted by Gasteiger charge is -2.36. The summed E-state index contributed by atoms with van der Waals surface area (Å²) in [6.07, 6.45) is 5.36. The Hall–Kier alpha value is -3.39. The van der Waals surface area contributed by atoms with Crippen molar-refractivity contribution in [2.75, 3.05) is 13.1 Å². The third kappa shape index (κ3) is 8.32. The highest BCUT2D eigenvalue weighted by molar-refractivity contribution is 5.91. The minimum absolute atomic E-state index is 0.0238. The zero-order valence-electron chi connectivity index (χ0n) is 22.2. The summed E-state index contributed by atoms with van der Waals surface area (Å²) in [6, 6.07) is 18.0. The van der Waals surface area contributed by atoms with Crippen molar-refractivity contribution >= 4 is 17.6 Å². The maximum absolute atomic E-state index is 13.6. The Kier molecular flexibility index (Phi) is 10.1. The van der Waals surface area contributed by atoms with Crippen LogP contribution < -0.4 is 22.6 Å². The van der Waals surface area contributed by atoms with E-state index in [-0.39, 0.29) is 11.8 Å². The second-order valence-electron chi connectivity index (χ2n) is 10.5. The Morgan fingerprint density at radius 2 is 1.70 bits per heavy atom. The molecule has 1 fully saturated rings. The van der Waals surface area contributed by atoms with Crippen LogP contribution in [0, 0.1) is 0 Å². The summed E-state index contributed by atoms with van der Waals surface area (Å²) in [6.45, 7) is 4.62. The van der Waals surface area contributed by atoms with Gasteiger partial charge in [-0.2, -0.15) is 5.10 Å². The van der Waals surface area contributed by atoms with E-state index in [1.807, 2.05) is 29.2 Å². The molecule has 0 spiro atoms. The van der Waals surface area contributed by atoms with E-state index in [0.717, 1.165) is 32.1 Å². The van der Waals surface area contributed by atoms with Gasteiger partial charge in [-0.1, -0.05) is 54.6 Å². The van der Waals surface area contributed by atoms with E-state index in [1.165, 1.54) is 16.7 Å². The molecule has 0 aliphatic carbocycles. The summed E-state index contributed by atoms with van der Waals surface area (Å²) in [5.41, 5.74) is 14.5. The maximum Gasteiger partial charge on any atom is 0.245 e. The molecule has 3 rings (SSSR count). The average Bonchev–Trinajstić information content (AvgIpc) is 2.91. The molecular formula is C29H42N6O2. The van der Waals surface area contributed by atoms with Gasteiger partial charge in [-0.25, -0.2) is 0 Å². The van der Waals surface area contributed by atoms with Crippen molar-refractivity contribution in [2.45, 2.75) is 76.3 Å². The highest BCUT2D eigenvalue weighted by atomic mass is 16.2. The fourth-order valence-electron chi connectivity index (χ4n) is 4.88. The van der Waals surface area contributed by atoms with Gasteiger partial charge in [-0.05, 0) is 75.0 Å². The SMILES string of the molecule is CC(C)(N)C(=O)N[C@H](CCCc1ccccc1)C(=O)N1CCC(c2ccccc2CC/C(N)=N/N)CC1. The zero-order valence-corrected chi connectivity index (χ0v) is 22.2. The molecule has 1 aliphatic rings. The van der Waals surface area contributed by atoms with Gasteiger partial charge in [0.2, 0.25) is 11.8 Å². The number of likely N-dealkylation sites (tertiary alicyclic amines) is 1. The number of benzene rings is 2. The number of nitrogens with one attached hydrogen (secondary N) is 1. The van der Waals surface area contributed by atoms with E-state index < -0.39 is 11.6 Å². The number of hydrazone groups is 1. The van der Waals surface area contributed by atoms with Crippen molar-refractivity contribution in [1.29, 1.82) is 0 Å². The van der Waals surface area contributed by atoms with Crippen LogP contribution in [0.4, 0.5) is 0 Å². The fourth-order valence-corrected chi connectivity index (χ4v) is 4.88. The van der Waals surface area contributed by atoms with Crippen LogP contribution in [-0.4, -0.2) is 47.2 Å². The Labute approximate surface area is 220 Å². The number of aryl methyl sites for hydroxylation is 2. The molecular weight excluding hydrogens is 464 g/mol. The lowest BCUT2D eigenvalue weighted by atomic mass is 9.85. The number of rotatable bonds is 11. The molecule has 0 aromatic heterocycles. The molecule has 0 radical (unpaired) electrons. The number of carbonyl (C=O) groups is 2. The molecule has 0 bridgehead atoms. The molecule has 1 aliphatic heterocycles. The molecule has 1 heterocycles. The number of piperidine rings is 1. The number of hydrogen-bond donors (Lipinski definition) is 4. The van der Waals surface area contributed by atoms with Gasteiger partial charge in [0.25, 0.3) is 0 Å². The zero-order chi connectivity index (χ0) is 26.8. The molecule has 8 nitrogen and oxygen atoms in total. The van der Waals surface area contributed by atoms with Crippen molar-refractivity contribution in [3.05, 3.63) is 71.3 Å². The fraction of sp³-hybridized carbons (Fsp3) is 0.483. The second-order valence-corrected chi connectivity index (χ2v) is 10.5. The van der Waals surface area contributed by atoms with Crippen molar-refractivity contribution in [2.24, 2.45) is 22.4 Å². The first kappa shape index (κ1) is 28.2. The molecule has 37 heavy (non-hydrogen) atoms. The maximum atomic E-state index is 13.6. The standard InChI is InChI=1S/C29H42N6O2/c1-29(2,31)28(37)33-25(14-8-11-21-9-4-3-5-10-21)27(36)35-19-17-23(18-20-35)24-13-7-6-12-22(24)15-16-26(30)34-32/h3-7,9-10,12-13,23,25H,8,11,14-20,31-32H2,1-2H3,(H2,30,34)(H,33,37)/t25-/m1/s1. The van der Waals surface area contributed by atoms with Crippen LogP contribution in [0.25, 0.3) is 0 Å². The highest BCUT2D eigenvalue weighted by Gasteiger charge is 2.32. The summed E-state index contributed by atoms with van der Waals surface area (Å²) >= 11 is 0. The number of amidine groups is 1. The number of nitrogens with zero attached hydrogens (tertiary/aromatic N) is 2. The smallest absolute Gasteiger partial charge is 0.245 e. The quantitative estimate of drug-likeness (QED) is 0.161. The minimum atomic E-state index is -1.05. The molecule has 0 saturated carbocycles. The average molecular weight is 507 g/mol. The van der Waals surface area contributed by atoms with Crippen LogP contribution in [0.1, 0.15) is 68.6 Å². The number of carbonyl (C=O) groups excluding carboxylic acids is 2. The molecule has 1 atom stereocenters. The lowest BCUT2D eigenvalue weighted by Crippen LogP contribution is -2.57. The van der Waals surface area contributed by atoms with E-state index in [0.29, 0.717) is 37.7 Å². The number of nitrogens with two attached hydrogens (primary N) is 3. The van der Waals surface area contributed by atoms with Crippen LogP contribution in [0.2, 0.25) is 0 Å². The molecule has 2 aromatic carbocycles. The van der Waals surface area contributed by atoms with Crippen LogP contribution >= 0.6 is 0 Å². The Morgan fingerprint density at radius 1 is 1.05 bits per heavy atom. The van der Waals surface area contributed by atoms with Crippen LogP contribution in [0.5, 0.6) is 0 Å². The van der Waals surface area contributed by atoms with Gasteiger partial charge in [0.05, 0.1) is 5.54 Å². The topological polar surface area (TPSA) is 140 Å². The van der Waals surface area contributed by atoms with Gasteiger partial charge in [0.15, 0.2) is 0 Å². The predicted octanol–water partition coefficient (Wildman–Crippen LogP) is 2.80. The summed E-state index contributed by atoms with van der Waals surface area (Å²) < 4.78 is 0. The van der Waals surface area contributed by atoms with E-state index >= 15 is 0 Å². The van der Waals surface area contributed by atoms with Crippen LogP contribution in [0.3, 0.4) is 0 Å². The third-order valence-corrected chi connectivity index (χ3v) is 7.11. The number of amides is 2. The molecule has 8 heteroatoms. The lowest BCUT2D eigenvalue weighted by molar-refractivity contribution is -0.138. The van der Waals surface area contributed by atoms with E-state index in [1.54, 1.807) is 13.8 Å². The van der Waals surface area contributed by atoms with Gasteiger partial charge in [-0.3, -0.25) is 9.59 Å². The summed E-state index contributed by atoms with van der Waals surface area (Å²) in [5.74, 6) is 5.76. The third-order valence-electron chi connectivity index (χ3n) is 7.11. The first-order chi connectivity index (χ1) is 17.7. The van der Waals surface area contributed by atoms with Crippen molar-refractivity contribution in [3.63, 3.8) is 0 Å². The van der Waals surface area contributed by atoms with Crippen molar-refractivity contribution < 1.29 is 9.59 Å².